The summed E-state index contributed by atoms with van der Waals surface area (Å²) in [6.45, 7) is 4.40. The van der Waals surface area contributed by atoms with Gasteiger partial charge in [0.1, 0.15) is 5.75 Å². The monoisotopic (exact) mass is 391 g/mol. The Labute approximate surface area is 171 Å². The van der Waals surface area contributed by atoms with Gasteiger partial charge in [-0.25, -0.2) is 0 Å². The van der Waals surface area contributed by atoms with E-state index >= 15 is 0 Å². The van der Waals surface area contributed by atoms with Gasteiger partial charge in [-0.05, 0) is 36.6 Å². The van der Waals surface area contributed by atoms with Crippen molar-refractivity contribution in [1.82, 2.24) is 15.2 Å². The molecular weight excluding hydrogens is 362 g/mol. The van der Waals surface area contributed by atoms with Crippen LogP contribution in [0.15, 0.2) is 59.7 Å². The molecule has 1 saturated heterocycles. The van der Waals surface area contributed by atoms with E-state index in [2.05, 4.69) is 55.6 Å². The first-order valence-corrected chi connectivity index (χ1v) is 10.3. The third-order valence-electron chi connectivity index (χ3n) is 5.59. The van der Waals surface area contributed by atoms with Crippen molar-refractivity contribution in [3.05, 3.63) is 60.3 Å². The number of hydrogen-bond donors (Lipinski definition) is 3. The van der Waals surface area contributed by atoms with E-state index in [1.807, 2.05) is 25.2 Å². The summed E-state index contributed by atoms with van der Waals surface area (Å²) in [6.07, 6.45) is 4.21. The highest BCUT2D eigenvalue weighted by molar-refractivity contribution is 5.83. The van der Waals surface area contributed by atoms with Gasteiger partial charge >= 0.3 is 0 Å². The van der Waals surface area contributed by atoms with Crippen molar-refractivity contribution < 1.29 is 5.11 Å². The van der Waals surface area contributed by atoms with E-state index in [4.69, 9.17) is 0 Å². The van der Waals surface area contributed by atoms with Crippen LogP contribution in [0.25, 0.3) is 10.9 Å². The lowest BCUT2D eigenvalue weighted by molar-refractivity contribution is 0.369. The topological polar surface area (TPSA) is 66.9 Å². The molecule has 6 nitrogen and oxygen atoms in total. The molecule has 0 atom stereocenters. The van der Waals surface area contributed by atoms with Crippen molar-refractivity contribution in [2.75, 3.05) is 44.7 Å². The van der Waals surface area contributed by atoms with Crippen LogP contribution in [0.5, 0.6) is 5.75 Å². The second kappa shape index (κ2) is 8.90. The lowest BCUT2D eigenvalue weighted by Gasteiger charge is -2.37. The molecule has 1 aromatic heterocycles. The van der Waals surface area contributed by atoms with Crippen LogP contribution in [-0.2, 0) is 6.42 Å². The Morgan fingerprint density at radius 3 is 2.62 bits per heavy atom. The number of nitrogens with one attached hydrogen (secondary N) is 2. The summed E-state index contributed by atoms with van der Waals surface area (Å²) in [5.74, 6) is 1.31. The molecule has 2 heterocycles. The van der Waals surface area contributed by atoms with Gasteiger partial charge in [0.2, 0.25) is 0 Å². The molecule has 1 aliphatic rings. The first kappa shape index (κ1) is 19.2. The third-order valence-corrected chi connectivity index (χ3v) is 5.59. The van der Waals surface area contributed by atoms with Crippen LogP contribution >= 0.6 is 0 Å². The van der Waals surface area contributed by atoms with Crippen LogP contribution in [0.4, 0.5) is 5.69 Å². The van der Waals surface area contributed by atoms with Crippen LogP contribution in [0.1, 0.15) is 12.0 Å². The van der Waals surface area contributed by atoms with Crippen molar-refractivity contribution in [3.63, 3.8) is 0 Å². The molecule has 0 unspecified atom stereocenters. The Hall–Kier alpha value is -3.15. The Bertz CT molecular complexity index is 972. The number of benzene rings is 2. The first-order valence-electron chi connectivity index (χ1n) is 10.3. The largest absolute Gasteiger partial charge is 0.506 e. The number of aryl methyl sites for hydroxylation is 1. The van der Waals surface area contributed by atoms with E-state index in [1.165, 1.54) is 16.5 Å². The minimum absolute atomic E-state index is 0.348. The Morgan fingerprint density at radius 2 is 1.83 bits per heavy atom. The lowest BCUT2D eigenvalue weighted by atomic mass is 10.1. The maximum atomic E-state index is 10.1. The number of piperazine rings is 1. The average Bonchev–Trinajstić information content (AvgIpc) is 3.18. The maximum absolute atomic E-state index is 10.1. The highest BCUT2D eigenvalue weighted by Crippen LogP contribution is 2.27. The van der Waals surface area contributed by atoms with Gasteiger partial charge in [0.25, 0.3) is 0 Å². The second-order valence-electron chi connectivity index (χ2n) is 7.40. The van der Waals surface area contributed by atoms with Crippen molar-refractivity contribution >= 4 is 22.5 Å². The van der Waals surface area contributed by atoms with Crippen LogP contribution in [0.3, 0.4) is 0 Å². The number of aromatic hydroxyl groups is 1. The summed E-state index contributed by atoms with van der Waals surface area (Å²) in [4.78, 5) is 12.3. The van der Waals surface area contributed by atoms with Gasteiger partial charge in [0.05, 0.1) is 5.69 Å². The summed E-state index contributed by atoms with van der Waals surface area (Å²) in [7, 11) is 1.84. The van der Waals surface area contributed by atoms with Gasteiger partial charge in [-0.1, -0.05) is 30.3 Å². The Balaban J connectivity index is 1.25. The predicted molar refractivity (Wildman–Crippen MR) is 120 cm³/mol. The summed E-state index contributed by atoms with van der Waals surface area (Å²) >= 11 is 0. The van der Waals surface area contributed by atoms with Gasteiger partial charge in [-0.3, -0.25) is 4.99 Å². The molecule has 3 N–H and O–H groups in total. The first-order chi connectivity index (χ1) is 14.3. The molecule has 0 bridgehead atoms. The molecule has 1 aliphatic heterocycles. The number of hydrogen-bond acceptors (Lipinski definition) is 3. The van der Waals surface area contributed by atoms with E-state index in [1.54, 1.807) is 6.07 Å². The Morgan fingerprint density at radius 1 is 1.07 bits per heavy atom. The average molecular weight is 392 g/mol. The number of rotatable bonds is 5. The molecule has 152 valence electrons. The minimum atomic E-state index is 0.348. The van der Waals surface area contributed by atoms with Gasteiger partial charge in [0, 0.05) is 56.9 Å². The smallest absolute Gasteiger partial charge is 0.193 e. The number of aliphatic imine (C=N–C) groups is 1. The lowest BCUT2D eigenvalue weighted by Crippen LogP contribution is -2.52. The number of guanidine groups is 1. The molecule has 0 spiro atoms. The zero-order valence-corrected chi connectivity index (χ0v) is 16.9. The van der Waals surface area contributed by atoms with Crippen LogP contribution in [0, 0.1) is 0 Å². The van der Waals surface area contributed by atoms with E-state index in [9.17, 15) is 5.11 Å². The molecule has 3 aromatic rings. The number of fused-ring (bicyclic) bond motifs is 1. The summed E-state index contributed by atoms with van der Waals surface area (Å²) in [6, 6.07) is 16.0. The number of anilines is 1. The molecule has 0 amide bonds. The summed E-state index contributed by atoms with van der Waals surface area (Å²) < 4.78 is 0. The molecule has 0 radical (unpaired) electrons. The minimum Gasteiger partial charge on any atom is -0.506 e. The summed E-state index contributed by atoms with van der Waals surface area (Å²) in [5.41, 5.74) is 3.48. The fraction of sp³-hybridized carbons (Fsp3) is 0.348. The van der Waals surface area contributed by atoms with Crippen LogP contribution in [0.2, 0.25) is 0 Å². The number of phenols is 1. The highest BCUT2D eigenvalue weighted by atomic mass is 16.3. The number of aromatic nitrogens is 1. The van der Waals surface area contributed by atoms with Crippen molar-refractivity contribution in [2.45, 2.75) is 12.8 Å². The van der Waals surface area contributed by atoms with Gasteiger partial charge in [-0.2, -0.15) is 0 Å². The van der Waals surface area contributed by atoms with E-state index < -0.39 is 0 Å². The quantitative estimate of drug-likeness (QED) is 0.355. The number of phenolic OH excluding ortho intramolecular Hbond substituents is 1. The molecule has 4 rings (SSSR count). The molecule has 2 aromatic carbocycles. The summed E-state index contributed by atoms with van der Waals surface area (Å²) in [5, 5.41) is 14.9. The third kappa shape index (κ3) is 4.31. The molecule has 1 fully saturated rings. The van der Waals surface area contributed by atoms with Crippen LogP contribution < -0.4 is 10.2 Å². The van der Waals surface area contributed by atoms with E-state index in [0.717, 1.165) is 57.2 Å². The zero-order chi connectivity index (χ0) is 20.1. The molecular formula is C23H29N5O. The maximum Gasteiger partial charge on any atom is 0.193 e. The van der Waals surface area contributed by atoms with Crippen LogP contribution in [-0.4, -0.2) is 60.7 Å². The molecule has 29 heavy (non-hydrogen) atoms. The van der Waals surface area contributed by atoms with Crippen molar-refractivity contribution in [2.24, 2.45) is 4.99 Å². The SMILES string of the molecule is CN=C(NCCCc1c[nH]c2ccccc12)N1CCN(c2ccccc2O)CC1. The molecule has 6 heteroatoms. The normalized spacial score (nSPS) is 15.1. The Kier molecular flexibility index (Phi) is 5.89. The van der Waals surface area contributed by atoms with Gasteiger partial charge in [-0.15, -0.1) is 0 Å². The number of para-hydroxylation sites is 3. The van der Waals surface area contributed by atoms with Crippen molar-refractivity contribution in [3.8, 4) is 5.75 Å². The zero-order valence-electron chi connectivity index (χ0n) is 16.9. The fourth-order valence-corrected chi connectivity index (χ4v) is 4.04. The highest BCUT2D eigenvalue weighted by Gasteiger charge is 2.21. The van der Waals surface area contributed by atoms with Gasteiger partial charge in [0.15, 0.2) is 5.96 Å². The second-order valence-corrected chi connectivity index (χ2v) is 7.40. The van der Waals surface area contributed by atoms with Gasteiger partial charge < -0.3 is 25.2 Å². The fourth-order valence-electron chi connectivity index (χ4n) is 4.04. The molecule has 0 saturated carbocycles. The number of nitrogens with zero attached hydrogens (tertiary/aromatic N) is 3. The van der Waals surface area contributed by atoms with E-state index in [0.29, 0.717) is 5.75 Å². The number of aromatic amines is 1. The van der Waals surface area contributed by atoms with Crippen molar-refractivity contribution in [1.29, 1.82) is 0 Å². The molecule has 0 aliphatic carbocycles. The number of H-pyrrole nitrogens is 1. The standard InChI is InChI=1S/C23H29N5O/c1-24-23(25-12-6-7-18-17-26-20-9-3-2-8-19(18)20)28-15-13-27(14-16-28)21-10-4-5-11-22(21)29/h2-5,8-11,17,26,29H,6-7,12-16H2,1H3,(H,24,25). The predicted octanol–water partition coefficient (Wildman–Crippen LogP) is 3.20. The van der Waals surface area contributed by atoms with E-state index in [-0.39, 0.29) is 0 Å².